The highest BCUT2D eigenvalue weighted by Gasteiger charge is 2.04. The van der Waals surface area contributed by atoms with Gasteiger partial charge in [-0.2, -0.15) is 0 Å². The van der Waals surface area contributed by atoms with E-state index in [0.29, 0.717) is 19.0 Å². The molecule has 0 fully saturated rings. The normalized spacial score (nSPS) is 11.6. The number of aliphatic imine (C=N–C) groups is 1. The maximum atomic E-state index is 11.6. The van der Waals surface area contributed by atoms with Gasteiger partial charge in [0, 0.05) is 19.1 Å². The molecule has 0 aliphatic heterocycles. The molecule has 0 bridgehead atoms. The monoisotopic (exact) mass is 268 g/mol. The molecule has 0 saturated carbocycles. The summed E-state index contributed by atoms with van der Waals surface area (Å²) in [6.07, 6.45) is 0.775. The van der Waals surface area contributed by atoms with E-state index in [9.17, 15) is 4.79 Å². The Bertz CT molecular complexity index is 387. The van der Waals surface area contributed by atoms with Crippen LogP contribution in [0.15, 0.2) is 22.5 Å². The highest BCUT2D eigenvalue weighted by Crippen LogP contribution is 2.07. The molecule has 0 spiro atoms. The van der Waals surface area contributed by atoms with Gasteiger partial charge in [-0.15, -0.1) is 11.3 Å². The number of nitrogens with two attached hydrogens (primary N) is 1. The van der Waals surface area contributed by atoms with E-state index < -0.39 is 0 Å². The fourth-order valence-corrected chi connectivity index (χ4v) is 1.96. The second-order valence-electron chi connectivity index (χ2n) is 4.15. The van der Waals surface area contributed by atoms with Gasteiger partial charge in [0.05, 0.1) is 4.88 Å². The molecule has 0 unspecified atom stereocenters. The number of thiophene rings is 1. The van der Waals surface area contributed by atoms with Crippen molar-refractivity contribution in [2.45, 2.75) is 26.3 Å². The van der Waals surface area contributed by atoms with Crippen molar-refractivity contribution >= 4 is 23.2 Å². The highest BCUT2D eigenvalue weighted by molar-refractivity contribution is 7.12. The van der Waals surface area contributed by atoms with Crippen LogP contribution in [0.4, 0.5) is 0 Å². The minimum absolute atomic E-state index is 0.0257. The maximum absolute atomic E-state index is 11.6. The van der Waals surface area contributed by atoms with Crippen LogP contribution >= 0.6 is 11.3 Å². The summed E-state index contributed by atoms with van der Waals surface area (Å²) < 4.78 is 0. The van der Waals surface area contributed by atoms with Gasteiger partial charge < -0.3 is 16.4 Å². The van der Waals surface area contributed by atoms with E-state index >= 15 is 0 Å². The van der Waals surface area contributed by atoms with Crippen LogP contribution in [0.3, 0.4) is 0 Å². The lowest BCUT2D eigenvalue weighted by Gasteiger charge is -2.08. The van der Waals surface area contributed by atoms with Crippen LogP contribution in [-0.2, 0) is 0 Å². The van der Waals surface area contributed by atoms with E-state index in [2.05, 4.69) is 15.6 Å². The average molecular weight is 268 g/mol. The first-order valence-electron chi connectivity index (χ1n) is 5.97. The van der Waals surface area contributed by atoms with Crippen molar-refractivity contribution in [2.75, 3.05) is 13.1 Å². The quantitative estimate of drug-likeness (QED) is 0.412. The number of hydrogen-bond acceptors (Lipinski definition) is 3. The molecule has 0 aromatic carbocycles. The largest absolute Gasteiger partial charge is 0.370 e. The first-order valence-corrected chi connectivity index (χ1v) is 6.85. The summed E-state index contributed by atoms with van der Waals surface area (Å²) >= 11 is 1.44. The molecular formula is C12H20N4OS. The summed E-state index contributed by atoms with van der Waals surface area (Å²) in [5.41, 5.74) is 5.65. The molecule has 0 aliphatic carbocycles. The second kappa shape index (κ2) is 7.71. The van der Waals surface area contributed by atoms with Gasteiger partial charge in [-0.1, -0.05) is 6.07 Å². The smallest absolute Gasteiger partial charge is 0.261 e. The number of amides is 1. The zero-order valence-electron chi connectivity index (χ0n) is 10.8. The molecular weight excluding hydrogens is 248 g/mol. The van der Waals surface area contributed by atoms with Gasteiger partial charge in [-0.3, -0.25) is 9.79 Å². The summed E-state index contributed by atoms with van der Waals surface area (Å²) in [7, 11) is 0. The predicted molar refractivity (Wildman–Crippen MR) is 76.0 cm³/mol. The number of nitrogens with zero attached hydrogens (tertiary/aromatic N) is 1. The van der Waals surface area contributed by atoms with Crippen molar-refractivity contribution in [3.05, 3.63) is 22.4 Å². The molecule has 100 valence electrons. The second-order valence-corrected chi connectivity index (χ2v) is 5.10. The number of carbonyl (C=O) groups excluding carboxylic acids is 1. The van der Waals surface area contributed by atoms with E-state index in [1.54, 1.807) is 0 Å². The van der Waals surface area contributed by atoms with Gasteiger partial charge in [-0.25, -0.2) is 0 Å². The standard InChI is InChI=1S/C12H20N4OS/c1-9(2)16-12(13)15-7-4-6-14-11(17)10-5-3-8-18-10/h3,5,8-9H,4,6-7H2,1-2H3,(H,14,17)(H3,13,15,16). The molecule has 0 radical (unpaired) electrons. The molecule has 1 aromatic rings. The third-order valence-electron chi connectivity index (χ3n) is 2.08. The molecule has 0 saturated heterocycles. The van der Waals surface area contributed by atoms with Crippen molar-refractivity contribution in [3.8, 4) is 0 Å². The molecule has 5 nitrogen and oxygen atoms in total. The Labute approximate surface area is 111 Å². The fourth-order valence-electron chi connectivity index (χ4n) is 1.32. The molecule has 18 heavy (non-hydrogen) atoms. The van der Waals surface area contributed by atoms with E-state index in [0.717, 1.165) is 11.3 Å². The number of guanidine groups is 1. The van der Waals surface area contributed by atoms with Crippen LogP contribution in [0, 0.1) is 0 Å². The molecule has 1 aromatic heterocycles. The molecule has 1 amide bonds. The van der Waals surface area contributed by atoms with E-state index in [1.807, 2.05) is 31.4 Å². The molecule has 4 N–H and O–H groups in total. The summed E-state index contributed by atoms with van der Waals surface area (Å²) in [6.45, 7) is 5.22. The lowest BCUT2D eigenvalue weighted by Crippen LogP contribution is -2.37. The molecule has 0 atom stereocenters. The average Bonchev–Trinajstić information content (AvgIpc) is 2.80. The lowest BCUT2D eigenvalue weighted by molar-refractivity contribution is 0.0957. The van der Waals surface area contributed by atoms with Crippen molar-refractivity contribution in [2.24, 2.45) is 10.7 Å². The van der Waals surface area contributed by atoms with Gasteiger partial charge in [0.25, 0.3) is 5.91 Å². The molecule has 6 heteroatoms. The van der Waals surface area contributed by atoms with Crippen LogP contribution in [0.1, 0.15) is 29.9 Å². The topological polar surface area (TPSA) is 79.5 Å². The lowest BCUT2D eigenvalue weighted by atomic mass is 10.4. The minimum atomic E-state index is -0.0257. The van der Waals surface area contributed by atoms with Gasteiger partial charge in [0.15, 0.2) is 5.96 Å². The first-order chi connectivity index (χ1) is 8.59. The summed E-state index contributed by atoms with van der Waals surface area (Å²) in [4.78, 5) is 16.5. The van der Waals surface area contributed by atoms with Crippen molar-refractivity contribution in [1.82, 2.24) is 10.6 Å². The van der Waals surface area contributed by atoms with Crippen LogP contribution in [0.5, 0.6) is 0 Å². The number of rotatable bonds is 6. The maximum Gasteiger partial charge on any atom is 0.261 e. The number of carbonyl (C=O) groups is 1. The summed E-state index contributed by atoms with van der Waals surface area (Å²) in [5.74, 6) is 0.428. The summed E-state index contributed by atoms with van der Waals surface area (Å²) in [5, 5.41) is 7.73. The van der Waals surface area contributed by atoms with Gasteiger partial charge in [0.1, 0.15) is 0 Å². The molecule has 1 rings (SSSR count). The molecule has 0 aliphatic rings. The Balaban J connectivity index is 2.14. The third kappa shape index (κ3) is 5.67. The number of nitrogens with one attached hydrogen (secondary N) is 2. The summed E-state index contributed by atoms with van der Waals surface area (Å²) in [6, 6.07) is 3.96. The van der Waals surface area contributed by atoms with Crippen molar-refractivity contribution in [1.29, 1.82) is 0 Å². The van der Waals surface area contributed by atoms with Gasteiger partial charge >= 0.3 is 0 Å². The van der Waals surface area contributed by atoms with Gasteiger partial charge in [-0.05, 0) is 31.7 Å². The predicted octanol–water partition coefficient (Wildman–Crippen LogP) is 1.18. The van der Waals surface area contributed by atoms with E-state index in [4.69, 9.17) is 5.73 Å². The SMILES string of the molecule is CC(C)NC(N)=NCCCNC(=O)c1cccs1. The Morgan fingerprint density at radius 3 is 2.94 bits per heavy atom. The van der Waals surface area contributed by atoms with Crippen LogP contribution < -0.4 is 16.4 Å². The van der Waals surface area contributed by atoms with E-state index in [-0.39, 0.29) is 11.9 Å². The fraction of sp³-hybridized carbons (Fsp3) is 0.500. The van der Waals surface area contributed by atoms with E-state index in [1.165, 1.54) is 11.3 Å². The molecule has 1 heterocycles. The first kappa shape index (κ1) is 14.5. The Kier molecular flexibility index (Phi) is 6.21. The minimum Gasteiger partial charge on any atom is -0.370 e. The highest BCUT2D eigenvalue weighted by atomic mass is 32.1. The van der Waals surface area contributed by atoms with Crippen LogP contribution in [0.2, 0.25) is 0 Å². The third-order valence-corrected chi connectivity index (χ3v) is 2.95. The van der Waals surface area contributed by atoms with Crippen LogP contribution in [0.25, 0.3) is 0 Å². The zero-order valence-corrected chi connectivity index (χ0v) is 11.6. The van der Waals surface area contributed by atoms with Crippen LogP contribution in [-0.4, -0.2) is 31.0 Å². The van der Waals surface area contributed by atoms with Gasteiger partial charge in [0.2, 0.25) is 0 Å². The van der Waals surface area contributed by atoms with Crippen molar-refractivity contribution < 1.29 is 4.79 Å². The Morgan fingerprint density at radius 2 is 2.33 bits per heavy atom. The Morgan fingerprint density at radius 1 is 1.56 bits per heavy atom. The zero-order chi connectivity index (χ0) is 13.4. The Hall–Kier alpha value is -1.56. The number of hydrogen-bond donors (Lipinski definition) is 3. The van der Waals surface area contributed by atoms with Crippen molar-refractivity contribution in [3.63, 3.8) is 0 Å².